The lowest BCUT2D eigenvalue weighted by atomic mass is 9.83. The summed E-state index contributed by atoms with van der Waals surface area (Å²) in [5.41, 5.74) is 1.14. The first-order chi connectivity index (χ1) is 5.65. The molecule has 2 atom stereocenters. The van der Waals surface area contributed by atoms with Crippen molar-refractivity contribution in [2.75, 3.05) is 13.7 Å². The van der Waals surface area contributed by atoms with Crippen molar-refractivity contribution < 1.29 is 9.84 Å². The Labute approximate surface area is 74.2 Å². The van der Waals surface area contributed by atoms with Gasteiger partial charge in [-0.1, -0.05) is 6.92 Å². The second-order valence-electron chi connectivity index (χ2n) is 3.86. The largest absolute Gasteiger partial charge is 0.512 e. The Morgan fingerprint density at radius 2 is 2.25 bits per heavy atom. The van der Waals surface area contributed by atoms with Gasteiger partial charge in [-0.2, -0.15) is 0 Å². The van der Waals surface area contributed by atoms with Crippen LogP contribution in [0.3, 0.4) is 0 Å². The molecule has 2 unspecified atom stereocenters. The van der Waals surface area contributed by atoms with Crippen LogP contribution < -0.4 is 0 Å². The molecule has 12 heavy (non-hydrogen) atoms. The van der Waals surface area contributed by atoms with Gasteiger partial charge in [-0.05, 0) is 31.3 Å². The highest BCUT2D eigenvalue weighted by molar-refractivity contribution is 5.12. The van der Waals surface area contributed by atoms with E-state index in [0.717, 1.165) is 18.4 Å². The van der Waals surface area contributed by atoms with Crippen LogP contribution in [-0.4, -0.2) is 18.8 Å². The minimum absolute atomic E-state index is 0.235. The monoisotopic (exact) mass is 170 g/mol. The number of aliphatic hydroxyl groups excluding tert-OH is 1. The molecule has 0 spiro atoms. The Bertz CT molecular complexity index is 184. The van der Waals surface area contributed by atoms with Crippen molar-refractivity contribution in [2.45, 2.75) is 26.7 Å². The molecule has 1 aliphatic carbocycles. The smallest absolute Gasteiger partial charge is 0.0965 e. The molecular weight excluding hydrogens is 152 g/mol. The van der Waals surface area contributed by atoms with Crippen molar-refractivity contribution in [1.82, 2.24) is 0 Å². The summed E-state index contributed by atoms with van der Waals surface area (Å²) in [7, 11) is 1.68. The van der Waals surface area contributed by atoms with Gasteiger partial charge in [-0.15, -0.1) is 0 Å². The van der Waals surface area contributed by atoms with E-state index in [4.69, 9.17) is 4.74 Å². The molecule has 0 saturated carbocycles. The highest BCUT2D eigenvalue weighted by atomic mass is 16.5. The molecule has 0 aromatic heterocycles. The Morgan fingerprint density at radius 1 is 1.58 bits per heavy atom. The second-order valence-corrected chi connectivity index (χ2v) is 3.86. The molecule has 0 radical (unpaired) electrons. The summed E-state index contributed by atoms with van der Waals surface area (Å²) in [6, 6.07) is 0. The lowest BCUT2D eigenvalue weighted by molar-refractivity contribution is 0.122. The summed E-state index contributed by atoms with van der Waals surface area (Å²) in [5, 5.41) is 9.69. The van der Waals surface area contributed by atoms with Crippen LogP contribution in [0.15, 0.2) is 11.3 Å². The van der Waals surface area contributed by atoms with Gasteiger partial charge in [0.15, 0.2) is 0 Å². The minimum atomic E-state index is 0.235. The van der Waals surface area contributed by atoms with Crippen LogP contribution in [-0.2, 0) is 4.74 Å². The highest BCUT2D eigenvalue weighted by Crippen LogP contribution is 2.32. The average molecular weight is 170 g/mol. The molecule has 0 bridgehead atoms. The van der Waals surface area contributed by atoms with Crippen LogP contribution in [0, 0.1) is 11.8 Å². The summed E-state index contributed by atoms with van der Waals surface area (Å²) >= 11 is 0. The van der Waals surface area contributed by atoms with Crippen molar-refractivity contribution in [1.29, 1.82) is 0 Å². The first-order valence-corrected chi connectivity index (χ1v) is 4.52. The maximum atomic E-state index is 9.69. The number of hydrogen-bond donors (Lipinski definition) is 1. The van der Waals surface area contributed by atoms with Crippen LogP contribution >= 0.6 is 0 Å². The lowest BCUT2D eigenvalue weighted by Gasteiger charge is -2.27. The number of allylic oxidation sites excluding steroid dienone is 1. The molecule has 0 saturated heterocycles. The molecular formula is C10H18O2. The topological polar surface area (TPSA) is 29.5 Å². The van der Waals surface area contributed by atoms with Crippen molar-refractivity contribution in [3.05, 3.63) is 11.3 Å². The fourth-order valence-corrected chi connectivity index (χ4v) is 2.00. The molecule has 1 aliphatic rings. The van der Waals surface area contributed by atoms with Gasteiger partial charge >= 0.3 is 0 Å². The average Bonchev–Trinajstić information content (AvgIpc) is 2.00. The molecule has 0 aliphatic heterocycles. The van der Waals surface area contributed by atoms with Gasteiger partial charge in [0.25, 0.3) is 0 Å². The Morgan fingerprint density at radius 3 is 2.83 bits per heavy atom. The van der Waals surface area contributed by atoms with Gasteiger partial charge < -0.3 is 9.84 Å². The SMILES string of the molecule is COCC1CC(C)CC(C)=C1O. The van der Waals surface area contributed by atoms with E-state index in [1.807, 2.05) is 6.92 Å². The predicted octanol–water partition coefficient (Wildman–Crippen LogP) is 2.51. The molecule has 0 amide bonds. The summed E-state index contributed by atoms with van der Waals surface area (Å²) < 4.78 is 5.05. The standard InChI is InChI=1S/C10H18O2/c1-7-4-8(2)10(11)9(5-7)6-12-3/h7,9,11H,4-6H2,1-3H3. The number of rotatable bonds is 2. The number of hydrogen-bond acceptors (Lipinski definition) is 2. The highest BCUT2D eigenvalue weighted by Gasteiger charge is 2.24. The zero-order valence-electron chi connectivity index (χ0n) is 8.13. The molecule has 0 aromatic rings. The third-order valence-electron chi connectivity index (χ3n) is 2.53. The van der Waals surface area contributed by atoms with Crippen LogP contribution in [0.25, 0.3) is 0 Å². The van der Waals surface area contributed by atoms with Crippen LogP contribution in [0.4, 0.5) is 0 Å². The second kappa shape index (κ2) is 3.94. The molecule has 70 valence electrons. The van der Waals surface area contributed by atoms with Gasteiger partial charge in [0.05, 0.1) is 12.4 Å². The van der Waals surface area contributed by atoms with Crippen molar-refractivity contribution in [3.63, 3.8) is 0 Å². The molecule has 2 heteroatoms. The normalized spacial score (nSPS) is 30.9. The first-order valence-electron chi connectivity index (χ1n) is 4.52. The van der Waals surface area contributed by atoms with E-state index >= 15 is 0 Å². The predicted molar refractivity (Wildman–Crippen MR) is 49.1 cm³/mol. The van der Waals surface area contributed by atoms with Crippen LogP contribution in [0.1, 0.15) is 26.7 Å². The maximum Gasteiger partial charge on any atom is 0.0965 e. The van der Waals surface area contributed by atoms with Crippen LogP contribution in [0.5, 0.6) is 0 Å². The van der Waals surface area contributed by atoms with Crippen molar-refractivity contribution in [3.8, 4) is 0 Å². The van der Waals surface area contributed by atoms with Gasteiger partial charge in [-0.3, -0.25) is 0 Å². The summed E-state index contributed by atoms with van der Waals surface area (Å²) in [4.78, 5) is 0. The zero-order valence-corrected chi connectivity index (χ0v) is 8.13. The summed E-state index contributed by atoms with van der Waals surface area (Å²) in [5.74, 6) is 1.48. The van der Waals surface area contributed by atoms with Crippen molar-refractivity contribution >= 4 is 0 Å². The van der Waals surface area contributed by atoms with E-state index in [2.05, 4.69) is 6.92 Å². The first kappa shape index (κ1) is 9.59. The molecule has 1 N–H and O–H groups in total. The quantitative estimate of drug-likeness (QED) is 0.690. The maximum absolute atomic E-state index is 9.69. The molecule has 0 heterocycles. The fraction of sp³-hybridized carbons (Fsp3) is 0.800. The van der Waals surface area contributed by atoms with Gasteiger partial charge in [0.1, 0.15) is 0 Å². The summed E-state index contributed by atoms with van der Waals surface area (Å²) in [6.45, 7) is 4.87. The van der Waals surface area contributed by atoms with Gasteiger partial charge in [0.2, 0.25) is 0 Å². The Hall–Kier alpha value is -0.500. The van der Waals surface area contributed by atoms with Crippen LogP contribution in [0.2, 0.25) is 0 Å². The van der Waals surface area contributed by atoms with E-state index in [9.17, 15) is 5.11 Å². The number of aliphatic hydroxyl groups is 1. The molecule has 0 fully saturated rings. The van der Waals surface area contributed by atoms with E-state index in [0.29, 0.717) is 18.3 Å². The third kappa shape index (κ3) is 2.01. The third-order valence-corrected chi connectivity index (χ3v) is 2.53. The zero-order chi connectivity index (χ0) is 9.14. The molecule has 0 aromatic carbocycles. The lowest BCUT2D eigenvalue weighted by Crippen LogP contribution is -2.20. The van der Waals surface area contributed by atoms with Crippen molar-refractivity contribution in [2.24, 2.45) is 11.8 Å². The van der Waals surface area contributed by atoms with E-state index in [1.165, 1.54) is 0 Å². The molecule has 1 rings (SSSR count). The van der Waals surface area contributed by atoms with E-state index in [-0.39, 0.29) is 5.92 Å². The van der Waals surface area contributed by atoms with E-state index < -0.39 is 0 Å². The Balaban J connectivity index is 2.67. The summed E-state index contributed by atoms with van der Waals surface area (Å²) in [6.07, 6.45) is 2.09. The van der Waals surface area contributed by atoms with E-state index in [1.54, 1.807) is 7.11 Å². The number of ether oxygens (including phenoxy) is 1. The Kier molecular flexibility index (Phi) is 3.15. The fourth-order valence-electron chi connectivity index (χ4n) is 2.00. The van der Waals surface area contributed by atoms with Gasteiger partial charge in [-0.25, -0.2) is 0 Å². The van der Waals surface area contributed by atoms with Gasteiger partial charge in [0, 0.05) is 13.0 Å². The minimum Gasteiger partial charge on any atom is -0.512 e. The number of methoxy groups -OCH3 is 1. The molecule has 2 nitrogen and oxygen atoms in total.